The standard InChI is InChI=1S/C14H28O2/c1-5-7-8-9-10-11-12(3)14(15)16-13(4)6-2/h12-13H,5-11H2,1-4H3. The van der Waals surface area contributed by atoms with Crippen LogP contribution < -0.4 is 0 Å². The van der Waals surface area contributed by atoms with E-state index >= 15 is 0 Å². The van der Waals surface area contributed by atoms with Crippen molar-refractivity contribution in [2.75, 3.05) is 0 Å². The maximum atomic E-state index is 11.6. The Morgan fingerprint density at radius 1 is 1.06 bits per heavy atom. The van der Waals surface area contributed by atoms with Gasteiger partial charge in [0.15, 0.2) is 0 Å². The summed E-state index contributed by atoms with van der Waals surface area (Å²) >= 11 is 0. The summed E-state index contributed by atoms with van der Waals surface area (Å²) in [6.45, 7) is 8.18. The molecule has 0 bridgehead atoms. The third kappa shape index (κ3) is 7.72. The Bertz CT molecular complexity index is 178. The van der Waals surface area contributed by atoms with E-state index in [0.29, 0.717) is 0 Å². The van der Waals surface area contributed by atoms with Crippen LogP contribution in [0.1, 0.15) is 72.6 Å². The predicted octanol–water partition coefficient (Wildman–Crippen LogP) is 4.32. The van der Waals surface area contributed by atoms with Crippen molar-refractivity contribution >= 4 is 5.97 Å². The summed E-state index contributed by atoms with van der Waals surface area (Å²) in [6, 6.07) is 0. The van der Waals surface area contributed by atoms with E-state index in [4.69, 9.17) is 4.74 Å². The molecule has 2 heteroatoms. The zero-order chi connectivity index (χ0) is 12.4. The highest BCUT2D eigenvalue weighted by Gasteiger charge is 2.15. The Morgan fingerprint density at radius 2 is 1.69 bits per heavy atom. The van der Waals surface area contributed by atoms with Crippen LogP contribution >= 0.6 is 0 Å². The van der Waals surface area contributed by atoms with Gasteiger partial charge in [0.25, 0.3) is 0 Å². The molecular weight excluding hydrogens is 200 g/mol. The number of rotatable bonds is 9. The second kappa shape index (κ2) is 9.68. The number of hydrogen-bond donors (Lipinski definition) is 0. The summed E-state index contributed by atoms with van der Waals surface area (Å²) in [7, 11) is 0. The van der Waals surface area contributed by atoms with Crippen molar-refractivity contribution in [2.24, 2.45) is 5.92 Å². The van der Waals surface area contributed by atoms with Gasteiger partial charge in [0.2, 0.25) is 0 Å². The Balaban J connectivity index is 3.55. The Morgan fingerprint density at radius 3 is 2.25 bits per heavy atom. The largest absolute Gasteiger partial charge is 0.462 e. The van der Waals surface area contributed by atoms with Crippen LogP contribution in [0.5, 0.6) is 0 Å². The van der Waals surface area contributed by atoms with Crippen LogP contribution in [0.2, 0.25) is 0 Å². The summed E-state index contributed by atoms with van der Waals surface area (Å²) in [5.74, 6) is 0.0421. The third-order valence-electron chi connectivity index (χ3n) is 3.04. The van der Waals surface area contributed by atoms with Crippen molar-refractivity contribution in [3.63, 3.8) is 0 Å². The highest BCUT2D eigenvalue weighted by Crippen LogP contribution is 2.13. The molecule has 96 valence electrons. The monoisotopic (exact) mass is 228 g/mol. The third-order valence-corrected chi connectivity index (χ3v) is 3.04. The lowest BCUT2D eigenvalue weighted by Crippen LogP contribution is -2.20. The summed E-state index contributed by atoms with van der Waals surface area (Å²) < 4.78 is 5.30. The first-order valence-electron chi connectivity index (χ1n) is 6.82. The van der Waals surface area contributed by atoms with Gasteiger partial charge in [0, 0.05) is 0 Å². The molecule has 0 heterocycles. The zero-order valence-electron chi connectivity index (χ0n) is 11.4. The summed E-state index contributed by atoms with van der Waals surface area (Å²) in [5, 5.41) is 0. The molecular formula is C14H28O2. The van der Waals surface area contributed by atoms with Crippen molar-refractivity contribution in [1.82, 2.24) is 0 Å². The lowest BCUT2D eigenvalue weighted by atomic mass is 10.0. The smallest absolute Gasteiger partial charge is 0.308 e. The molecule has 0 aromatic rings. The fraction of sp³-hybridized carbons (Fsp3) is 0.929. The molecule has 0 aliphatic carbocycles. The zero-order valence-corrected chi connectivity index (χ0v) is 11.4. The molecule has 0 aliphatic rings. The second-order valence-electron chi connectivity index (χ2n) is 4.76. The van der Waals surface area contributed by atoms with E-state index in [9.17, 15) is 4.79 Å². The highest BCUT2D eigenvalue weighted by molar-refractivity contribution is 5.72. The van der Waals surface area contributed by atoms with Crippen molar-refractivity contribution in [1.29, 1.82) is 0 Å². The van der Waals surface area contributed by atoms with E-state index in [0.717, 1.165) is 19.3 Å². The first-order valence-corrected chi connectivity index (χ1v) is 6.82. The number of esters is 1. The minimum atomic E-state index is -0.0233. The van der Waals surface area contributed by atoms with Gasteiger partial charge in [-0.15, -0.1) is 0 Å². The Kier molecular flexibility index (Phi) is 9.36. The molecule has 2 unspecified atom stereocenters. The van der Waals surface area contributed by atoms with Crippen LogP contribution in [0.25, 0.3) is 0 Å². The van der Waals surface area contributed by atoms with Gasteiger partial charge in [-0.05, 0) is 19.8 Å². The molecule has 0 amide bonds. The van der Waals surface area contributed by atoms with Crippen molar-refractivity contribution in [2.45, 2.75) is 78.7 Å². The van der Waals surface area contributed by atoms with Gasteiger partial charge >= 0.3 is 5.97 Å². The van der Waals surface area contributed by atoms with Crippen LogP contribution in [0.3, 0.4) is 0 Å². The average molecular weight is 228 g/mol. The second-order valence-corrected chi connectivity index (χ2v) is 4.76. The van der Waals surface area contributed by atoms with Crippen LogP contribution in [-0.4, -0.2) is 12.1 Å². The number of hydrogen-bond acceptors (Lipinski definition) is 2. The minimum absolute atomic E-state index is 0.0233. The fourth-order valence-electron chi connectivity index (χ4n) is 1.57. The van der Waals surface area contributed by atoms with Crippen LogP contribution in [0.4, 0.5) is 0 Å². The molecule has 0 radical (unpaired) electrons. The molecule has 0 fully saturated rings. The average Bonchev–Trinajstić information content (AvgIpc) is 2.28. The van der Waals surface area contributed by atoms with Crippen LogP contribution in [0, 0.1) is 5.92 Å². The van der Waals surface area contributed by atoms with Crippen molar-refractivity contribution in [3.8, 4) is 0 Å². The predicted molar refractivity (Wildman–Crippen MR) is 68.4 cm³/mol. The first kappa shape index (κ1) is 15.5. The summed E-state index contributed by atoms with van der Waals surface area (Å²) in [5.41, 5.74) is 0. The molecule has 2 atom stereocenters. The molecule has 16 heavy (non-hydrogen) atoms. The van der Waals surface area contributed by atoms with Gasteiger partial charge in [-0.3, -0.25) is 4.79 Å². The van der Waals surface area contributed by atoms with E-state index in [1.165, 1.54) is 25.7 Å². The summed E-state index contributed by atoms with van der Waals surface area (Å²) in [4.78, 5) is 11.6. The molecule has 0 aromatic carbocycles. The first-order chi connectivity index (χ1) is 7.61. The minimum Gasteiger partial charge on any atom is -0.462 e. The van der Waals surface area contributed by atoms with Crippen LogP contribution in [0.15, 0.2) is 0 Å². The molecule has 2 nitrogen and oxygen atoms in total. The van der Waals surface area contributed by atoms with Crippen molar-refractivity contribution < 1.29 is 9.53 Å². The number of ether oxygens (including phenoxy) is 1. The quantitative estimate of drug-likeness (QED) is 0.434. The van der Waals surface area contributed by atoms with Gasteiger partial charge in [-0.2, -0.15) is 0 Å². The topological polar surface area (TPSA) is 26.3 Å². The molecule has 0 saturated carbocycles. The molecule has 0 saturated heterocycles. The van der Waals surface area contributed by atoms with E-state index in [2.05, 4.69) is 6.92 Å². The normalized spacial score (nSPS) is 14.5. The van der Waals surface area contributed by atoms with E-state index in [1.54, 1.807) is 0 Å². The Labute approximate surface area is 101 Å². The van der Waals surface area contributed by atoms with E-state index in [1.807, 2.05) is 20.8 Å². The van der Waals surface area contributed by atoms with Crippen LogP contribution in [-0.2, 0) is 9.53 Å². The number of carbonyl (C=O) groups excluding carboxylic acids is 1. The van der Waals surface area contributed by atoms with Gasteiger partial charge in [-0.1, -0.05) is 52.9 Å². The lowest BCUT2D eigenvalue weighted by molar-refractivity contribution is -0.153. The molecule has 0 aliphatic heterocycles. The van der Waals surface area contributed by atoms with Crippen molar-refractivity contribution in [3.05, 3.63) is 0 Å². The van der Waals surface area contributed by atoms with E-state index in [-0.39, 0.29) is 18.0 Å². The van der Waals surface area contributed by atoms with Gasteiger partial charge in [0.05, 0.1) is 12.0 Å². The van der Waals surface area contributed by atoms with Gasteiger partial charge in [-0.25, -0.2) is 0 Å². The Hall–Kier alpha value is -0.530. The number of unbranched alkanes of at least 4 members (excludes halogenated alkanes) is 4. The summed E-state index contributed by atoms with van der Waals surface area (Å²) in [6.07, 6.45) is 8.20. The molecule has 0 spiro atoms. The SMILES string of the molecule is CCCCCCCC(C)C(=O)OC(C)CC. The maximum absolute atomic E-state index is 11.6. The number of carbonyl (C=O) groups is 1. The van der Waals surface area contributed by atoms with E-state index < -0.39 is 0 Å². The highest BCUT2D eigenvalue weighted by atomic mass is 16.5. The molecule has 0 rings (SSSR count). The van der Waals surface area contributed by atoms with Gasteiger partial charge in [0.1, 0.15) is 0 Å². The lowest BCUT2D eigenvalue weighted by Gasteiger charge is -2.15. The maximum Gasteiger partial charge on any atom is 0.308 e. The molecule has 0 aromatic heterocycles. The fourth-order valence-corrected chi connectivity index (χ4v) is 1.57. The molecule has 0 N–H and O–H groups in total. The van der Waals surface area contributed by atoms with Gasteiger partial charge < -0.3 is 4.74 Å².